The first-order valence-corrected chi connectivity index (χ1v) is 31.0. The van der Waals surface area contributed by atoms with Gasteiger partial charge >= 0.3 is 352 Å². The van der Waals surface area contributed by atoms with Crippen molar-refractivity contribution >= 4 is 128 Å². The van der Waals surface area contributed by atoms with Gasteiger partial charge in [0.25, 0.3) is 0 Å². The molecule has 0 bridgehead atoms. The second-order valence-corrected chi connectivity index (χ2v) is 28.3. The van der Waals surface area contributed by atoms with Gasteiger partial charge in [-0.3, -0.25) is 0 Å². The van der Waals surface area contributed by atoms with E-state index in [1.807, 2.05) is 11.3 Å². The minimum atomic E-state index is -2.86. The summed E-state index contributed by atoms with van der Waals surface area (Å²) in [5, 5.41) is 11.0. The maximum atomic E-state index is 2.64. The Kier molecular flexibility index (Phi) is 8.48. The number of aryl methyl sites for hydroxylation is 2. The zero-order valence-corrected chi connectivity index (χ0v) is 44.1. The molecule has 0 saturated heterocycles. The van der Waals surface area contributed by atoms with Gasteiger partial charge in [-0.05, 0) is 24.3 Å². The van der Waals surface area contributed by atoms with Gasteiger partial charge in [0.15, 0.2) is 0 Å². The van der Waals surface area contributed by atoms with E-state index in [-0.39, 0.29) is 29.0 Å². The van der Waals surface area contributed by atoms with Gasteiger partial charge in [-0.2, -0.15) is 0 Å². The quantitative estimate of drug-likeness (QED) is 0.160. The average molecular weight is 1070 g/mol. The van der Waals surface area contributed by atoms with Crippen LogP contribution < -0.4 is 25.6 Å². The molecule has 2 nitrogen and oxygen atoms in total. The summed E-state index contributed by atoms with van der Waals surface area (Å²) in [4.78, 5) is 7.65. The third-order valence-electron chi connectivity index (χ3n) is 16.2. The maximum absolute atomic E-state index is 2.86. The number of hydrogen-bond acceptors (Lipinski definition) is 2. The number of para-hydroxylation sites is 2. The van der Waals surface area contributed by atoms with Crippen molar-refractivity contribution in [3.8, 4) is 25.7 Å². The number of thiophene rings is 1. The summed E-state index contributed by atoms with van der Waals surface area (Å²) >= 11 is 2.46. The van der Waals surface area contributed by atoms with Gasteiger partial charge in [0.2, 0.25) is 0 Å². The van der Waals surface area contributed by atoms with Crippen LogP contribution >= 0.6 is 11.3 Å². The van der Waals surface area contributed by atoms with E-state index >= 15 is 0 Å². The van der Waals surface area contributed by atoms with E-state index in [1.165, 1.54) is 130 Å². The molecule has 71 heavy (non-hydrogen) atoms. The molecule has 334 valence electrons. The van der Waals surface area contributed by atoms with E-state index in [0.29, 0.717) is 0 Å². The van der Waals surface area contributed by atoms with Crippen LogP contribution in [0.2, 0.25) is 0 Å². The van der Waals surface area contributed by atoms with Crippen molar-refractivity contribution in [1.82, 2.24) is 4.57 Å². The molecule has 0 unspecified atom stereocenters. The molecule has 0 fully saturated rings. The summed E-state index contributed by atoms with van der Waals surface area (Å²) in [7, 11) is -2.86. The van der Waals surface area contributed by atoms with Crippen LogP contribution in [0.3, 0.4) is 0 Å². The Hall–Kier alpha value is -6.98. The Morgan fingerprint density at radius 2 is 1.07 bits per heavy atom. The molecule has 0 N–H and O–H groups in total. The van der Waals surface area contributed by atoms with Crippen LogP contribution in [0.4, 0.5) is 17.1 Å². The van der Waals surface area contributed by atoms with Gasteiger partial charge in [0, 0.05) is 20.2 Å². The van der Waals surface area contributed by atoms with Crippen molar-refractivity contribution in [2.45, 2.75) is 19.3 Å². The summed E-state index contributed by atoms with van der Waals surface area (Å²) in [6, 6.07) is 80.5. The Bertz CT molecular complexity index is 4310. The molecule has 1 aliphatic carbocycles. The fraction of sp³-hybridized carbons (Fsp3) is 0.0462. The Labute approximate surface area is 428 Å². The second kappa shape index (κ2) is 14.8. The van der Waals surface area contributed by atoms with Crippen LogP contribution in [-0.2, 0) is 5.41 Å². The number of hydrogen-bond donors (Lipinski definition) is 0. The van der Waals surface area contributed by atoms with E-state index in [0.717, 1.165) is 0 Å². The number of rotatable bonds is 4. The second-order valence-electron chi connectivity index (χ2n) is 19.7. The molecule has 2 aliphatic heterocycles. The zero-order valence-electron chi connectivity index (χ0n) is 38.9. The van der Waals surface area contributed by atoms with Gasteiger partial charge in [0.1, 0.15) is 0 Å². The molecule has 0 atom stereocenters. The SMILES string of the molecule is Cc1ccc([Si]2(c3ccc(C)cc3)c3ccccc3-c3c2ccc2c3C3(c4ccccc4N2c2ccc4c(c2)c2ccccc2n4-c2ccc4sc5ccccc5c4c2)c2cc[se]c2-c2[se]ccc23)cc1. The van der Waals surface area contributed by atoms with Crippen LogP contribution in [0.5, 0.6) is 0 Å². The average Bonchev–Trinajstić information content (AvgIpc) is 4.29. The van der Waals surface area contributed by atoms with Crippen LogP contribution in [0, 0.1) is 13.8 Å². The van der Waals surface area contributed by atoms with Crippen LogP contribution in [0.25, 0.3) is 67.7 Å². The number of nitrogens with zero attached hydrogens (tertiary/aromatic N) is 2. The van der Waals surface area contributed by atoms with Crippen LogP contribution in [-0.4, -0.2) is 41.6 Å². The molecular weight excluding hydrogens is 1030 g/mol. The van der Waals surface area contributed by atoms with Crippen molar-refractivity contribution in [2.24, 2.45) is 0 Å². The topological polar surface area (TPSA) is 8.17 Å². The summed E-state index contributed by atoms with van der Waals surface area (Å²) in [5.74, 6) is 0. The Balaban J connectivity index is 1.01. The molecule has 16 rings (SSSR count). The van der Waals surface area contributed by atoms with E-state index in [4.69, 9.17) is 0 Å². The number of fused-ring (bicyclic) bond motifs is 19. The molecule has 1 spiro atoms. The van der Waals surface area contributed by atoms with E-state index < -0.39 is 13.5 Å². The predicted octanol–water partition coefficient (Wildman–Crippen LogP) is 13.4. The summed E-state index contributed by atoms with van der Waals surface area (Å²) in [6.07, 6.45) is 0. The van der Waals surface area contributed by atoms with Crippen molar-refractivity contribution in [1.29, 1.82) is 0 Å². The standard InChI is InChI=1S/C65H42N2SSe2Si/c1-39-19-25-43(26-20-39)71(44-27-21-40(2)22-28-44)59-18-10-5-13-47(59)61-60(71)32-30-56-62(61)65(51-33-35-69-63(51)64-52(65)34-36-70-64)50-14-6-8-16-55(50)67(56)41-23-29-54-48(37-41)45-11-3-7-15-53(45)66(54)42-24-31-58-49(38-42)46-12-4-9-17-57(46)68-58/h3-38H,1-2H3. The van der Waals surface area contributed by atoms with Gasteiger partial charge in [-0.1, -0.05) is 24.3 Å². The molecule has 0 radical (unpaired) electrons. The zero-order chi connectivity index (χ0) is 46.7. The van der Waals surface area contributed by atoms with E-state index in [9.17, 15) is 0 Å². The fourth-order valence-corrected chi connectivity index (χ4v) is 24.4. The molecular formula is C65H42N2SSe2Si. The Morgan fingerprint density at radius 1 is 0.451 bits per heavy atom. The monoisotopic (exact) mass is 1070 g/mol. The minimum absolute atomic E-state index is 0.290. The molecule has 13 aromatic rings. The molecule has 9 aromatic carbocycles. The van der Waals surface area contributed by atoms with Crippen molar-refractivity contribution in [3.05, 3.63) is 250 Å². The van der Waals surface area contributed by atoms with Crippen molar-refractivity contribution < 1.29 is 0 Å². The first kappa shape index (κ1) is 40.7. The first-order valence-electron chi connectivity index (χ1n) is 24.5. The van der Waals surface area contributed by atoms with Gasteiger partial charge < -0.3 is 0 Å². The van der Waals surface area contributed by atoms with Crippen LogP contribution in [0.1, 0.15) is 33.4 Å². The molecule has 0 saturated carbocycles. The first-order chi connectivity index (χ1) is 35.0. The molecule has 3 aliphatic rings. The molecule has 6 heteroatoms. The van der Waals surface area contributed by atoms with Gasteiger partial charge in [-0.15, -0.1) is 11.3 Å². The van der Waals surface area contributed by atoms with Crippen molar-refractivity contribution in [3.63, 3.8) is 0 Å². The predicted molar refractivity (Wildman–Crippen MR) is 305 cm³/mol. The molecule has 4 aromatic heterocycles. The summed E-state index contributed by atoms with van der Waals surface area (Å²) < 4.78 is 8.36. The van der Waals surface area contributed by atoms with Crippen LogP contribution in [0.15, 0.2) is 216 Å². The van der Waals surface area contributed by atoms with Crippen molar-refractivity contribution in [2.75, 3.05) is 4.90 Å². The summed E-state index contributed by atoms with van der Waals surface area (Å²) in [6.45, 7) is 4.44. The normalized spacial score (nSPS) is 14.5. The third-order valence-corrected chi connectivity index (χ3v) is 26.8. The molecule has 0 amide bonds. The Morgan fingerprint density at radius 3 is 1.85 bits per heavy atom. The number of anilines is 3. The fourth-order valence-electron chi connectivity index (χ4n) is 13.3. The number of aromatic nitrogens is 1. The van der Waals surface area contributed by atoms with E-state index in [2.05, 4.69) is 239 Å². The van der Waals surface area contributed by atoms with E-state index in [1.54, 1.807) is 8.87 Å². The number of benzene rings is 9. The van der Waals surface area contributed by atoms with Gasteiger partial charge in [0.05, 0.1) is 0 Å². The summed E-state index contributed by atoms with van der Waals surface area (Å²) in [5.41, 5.74) is 18.1. The third kappa shape index (κ3) is 5.22. The van der Waals surface area contributed by atoms with Gasteiger partial charge in [-0.25, -0.2) is 0 Å². The molecule has 6 heterocycles.